The Balaban J connectivity index is 7.09. The molecule has 0 aromatic carbocycles. The number of aliphatic carboxylic acids is 1. The molecule has 0 aromatic rings. The van der Waals surface area contributed by atoms with Crippen molar-refractivity contribution in [3.05, 3.63) is 0 Å². The second kappa shape index (κ2) is 5.48. The first-order valence-corrected chi connectivity index (χ1v) is 4.75. The SMILES string of the molecule is O=C(O)[C@@](F)(N(F)C(C(F)(F)F)(C(F)(F)F)C(F)(F)F)C(F)(F)F. The van der Waals surface area contributed by atoms with Gasteiger partial charge in [-0.05, 0) is 0 Å². The average Bonchev–Trinajstić information content (AvgIpc) is 2.19. The van der Waals surface area contributed by atoms with Crippen LogP contribution in [0.4, 0.5) is 61.6 Å². The van der Waals surface area contributed by atoms with E-state index in [0.717, 1.165) is 0 Å². The molecule has 1 N–H and O–H groups in total. The molecule has 0 radical (unpaired) electrons. The minimum Gasteiger partial charge on any atom is -0.478 e. The van der Waals surface area contributed by atoms with Gasteiger partial charge < -0.3 is 5.11 Å². The lowest BCUT2D eigenvalue weighted by Crippen LogP contribution is -2.79. The Kier molecular flexibility index (Phi) is 5.13. The fourth-order valence-electron chi connectivity index (χ4n) is 1.36. The molecule has 1 atom stereocenters. The third-order valence-corrected chi connectivity index (χ3v) is 2.45. The summed E-state index contributed by atoms with van der Waals surface area (Å²) in [6.07, 6.45) is -31.4. The minimum absolute atomic E-state index is 4.43. The summed E-state index contributed by atoms with van der Waals surface area (Å²) in [5.74, 6) is -11.8. The van der Waals surface area contributed by atoms with Crippen LogP contribution in [0, 0.1) is 0 Å². The van der Waals surface area contributed by atoms with E-state index in [1.54, 1.807) is 0 Å². The molecule has 0 saturated carbocycles. The van der Waals surface area contributed by atoms with E-state index < -0.39 is 47.1 Å². The van der Waals surface area contributed by atoms with Crippen LogP contribution in [0.25, 0.3) is 0 Å². The number of hydrogen-bond donors (Lipinski definition) is 1. The predicted molar refractivity (Wildman–Crippen MR) is 41.4 cm³/mol. The van der Waals surface area contributed by atoms with Crippen LogP contribution in [0.2, 0.25) is 0 Å². The van der Waals surface area contributed by atoms with E-state index in [0.29, 0.717) is 0 Å². The second-order valence-corrected chi connectivity index (χ2v) is 3.91. The largest absolute Gasteiger partial charge is 0.478 e. The van der Waals surface area contributed by atoms with Gasteiger partial charge in [0.2, 0.25) is 0 Å². The van der Waals surface area contributed by atoms with Crippen LogP contribution in [0.5, 0.6) is 0 Å². The van der Waals surface area contributed by atoms with E-state index in [2.05, 4.69) is 0 Å². The van der Waals surface area contributed by atoms with Crippen molar-refractivity contribution >= 4 is 5.97 Å². The Morgan fingerprint density at radius 3 is 1.00 bits per heavy atom. The predicted octanol–water partition coefficient (Wildman–Crippen LogP) is 3.91. The van der Waals surface area contributed by atoms with Gasteiger partial charge in [0.25, 0.3) is 0 Å². The minimum atomic E-state index is -8.12. The van der Waals surface area contributed by atoms with E-state index in [1.165, 1.54) is 0 Å². The molecule has 0 bridgehead atoms. The number of carboxylic acids is 1. The highest BCUT2D eigenvalue weighted by molar-refractivity contribution is 5.78. The maximum absolute atomic E-state index is 13.2. The zero-order valence-electron chi connectivity index (χ0n) is 10.1. The van der Waals surface area contributed by atoms with Gasteiger partial charge in [-0.25, -0.2) is 9.18 Å². The molecule has 0 saturated heterocycles. The van der Waals surface area contributed by atoms with Crippen molar-refractivity contribution in [1.29, 1.82) is 0 Å². The summed E-state index contributed by atoms with van der Waals surface area (Å²) in [5.41, 5.74) is -8.12. The summed E-state index contributed by atoms with van der Waals surface area (Å²) in [4.78, 5) is 10.1. The molecule has 0 aromatic heterocycles. The number of hydrogen-bond acceptors (Lipinski definition) is 2. The van der Waals surface area contributed by atoms with Gasteiger partial charge in [0.1, 0.15) is 0 Å². The highest BCUT2D eigenvalue weighted by atomic mass is 19.4. The van der Waals surface area contributed by atoms with E-state index in [4.69, 9.17) is 5.11 Å². The lowest BCUT2D eigenvalue weighted by Gasteiger charge is -2.44. The van der Waals surface area contributed by atoms with Crippen molar-refractivity contribution in [2.75, 3.05) is 0 Å². The van der Waals surface area contributed by atoms with Crippen LogP contribution < -0.4 is 0 Å². The summed E-state index contributed by atoms with van der Waals surface area (Å²) in [6, 6.07) is 0. The fourth-order valence-corrected chi connectivity index (χ4v) is 1.36. The number of carbonyl (C=O) groups is 1. The third-order valence-electron chi connectivity index (χ3n) is 2.45. The standard InChI is InChI=1S/C7HF14NO2/c8-2(1(23)24,4(9,10)11)22(21)3(5(12,13)14,6(15,16)17)7(18,19)20/h(H,23,24)/t2-/m1/s1. The van der Waals surface area contributed by atoms with Crippen LogP contribution in [0.3, 0.4) is 0 Å². The molecule has 0 unspecified atom stereocenters. The Bertz CT molecular complexity index is 449. The molecule has 3 nitrogen and oxygen atoms in total. The molecule has 0 heterocycles. The average molecular weight is 397 g/mol. The van der Waals surface area contributed by atoms with Gasteiger partial charge in [-0.3, -0.25) is 0 Å². The number of nitrogens with zero attached hydrogens (tertiary/aromatic N) is 1. The van der Waals surface area contributed by atoms with Gasteiger partial charge in [0, 0.05) is 0 Å². The summed E-state index contributed by atoms with van der Waals surface area (Å²) >= 11 is 0. The number of rotatable bonds is 3. The molecule has 17 heteroatoms. The second-order valence-electron chi connectivity index (χ2n) is 3.91. The highest BCUT2D eigenvalue weighted by Gasteiger charge is 2.92. The zero-order valence-corrected chi connectivity index (χ0v) is 10.1. The molecule has 0 spiro atoms. The highest BCUT2D eigenvalue weighted by Crippen LogP contribution is 2.59. The van der Waals surface area contributed by atoms with Crippen molar-refractivity contribution in [1.82, 2.24) is 5.12 Å². The summed E-state index contributed by atoms with van der Waals surface area (Å²) in [7, 11) is 0. The lowest BCUT2D eigenvalue weighted by molar-refractivity contribution is -0.479. The molecule has 24 heavy (non-hydrogen) atoms. The molecule has 0 aliphatic heterocycles. The van der Waals surface area contributed by atoms with Crippen molar-refractivity contribution < 1.29 is 71.5 Å². The van der Waals surface area contributed by atoms with Gasteiger partial charge in [0.15, 0.2) is 0 Å². The molecule has 0 aliphatic carbocycles. The van der Waals surface area contributed by atoms with Crippen molar-refractivity contribution in [2.45, 2.75) is 36.0 Å². The van der Waals surface area contributed by atoms with Crippen molar-refractivity contribution in [2.24, 2.45) is 0 Å². The van der Waals surface area contributed by atoms with E-state index in [-0.39, 0.29) is 0 Å². The fraction of sp³-hybridized carbons (Fsp3) is 0.857. The topological polar surface area (TPSA) is 40.5 Å². The van der Waals surface area contributed by atoms with Gasteiger partial charge in [-0.1, -0.05) is 5.12 Å². The van der Waals surface area contributed by atoms with Gasteiger partial charge in [0.05, 0.1) is 0 Å². The molecule has 144 valence electrons. The first-order valence-electron chi connectivity index (χ1n) is 4.75. The lowest BCUT2D eigenvalue weighted by atomic mass is 9.94. The van der Waals surface area contributed by atoms with Gasteiger partial charge in [-0.15, -0.1) is 4.48 Å². The molecular formula is C7HF14NO2. The Hall–Kier alpha value is -1.55. The van der Waals surface area contributed by atoms with E-state index >= 15 is 0 Å². The van der Waals surface area contributed by atoms with Crippen LogP contribution in [-0.2, 0) is 4.79 Å². The number of alkyl halides is 13. The monoisotopic (exact) mass is 397 g/mol. The van der Waals surface area contributed by atoms with E-state index in [9.17, 15) is 66.4 Å². The molecule has 0 fully saturated rings. The quantitative estimate of drug-likeness (QED) is 0.446. The normalized spacial score (nSPS) is 17.8. The zero-order chi connectivity index (χ0) is 20.2. The summed E-state index contributed by atoms with van der Waals surface area (Å²) in [5, 5.41) is 3.34. The van der Waals surface area contributed by atoms with Crippen molar-refractivity contribution in [3.63, 3.8) is 0 Å². The Morgan fingerprint density at radius 1 is 0.625 bits per heavy atom. The number of halogens is 14. The van der Waals surface area contributed by atoms with Gasteiger partial charge >= 0.3 is 42.0 Å². The van der Waals surface area contributed by atoms with E-state index in [1.807, 2.05) is 0 Å². The Labute approximate surface area is 120 Å². The first kappa shape index (κ1) is 22.4. The molecular weight excluding hydrogens is 396 g/mol. The van der Waals surface area contributed by atoms with Crippen LogP contribution >= 0.6 is 0 Å². The third kappa shape index (κ3) is 2.81. The maximum Gasteiger partial charge on any atom is 0.450 e. The number of carboxylic acid groups (broad SMARTS) is 1. The molecule has 0 rings (SSSR count). The van der Waals surface area contributed by atoms with Crippen LogP contribution in [-0.4, -0.2) is 52.2 Å². The summed E-state index contributed by atoms with van der Waals surface area (Å²) in [6.45, 7) is 0. The first-order chi connectivity index (χ1) is 10.1. The smallest absolute Gasteiger partial charge is 0.450 e. The Morgan fingerprint density at radius 2 is 0.875 bits per heavy atom. The molecule has 0 aliphatic rings. The van der Waals surface area contributed by atoms with Crippen molar-refractivity contribution in [3.8, 4) is 0 Å². The maximum atomic E-state index is 13.2. The molecule has 0 amide bonds. The van der Waals surface area contributed by atoms with Crippen LogP contribution in [0.15, 0.2) is 0 Å². The summed E-state index contributed by atoms with van der Waals surface area (Å²) < 4.78 is 174. The van der Waals surface area contributed by atoms with Gasteiger partial charge in [-0.2, -0.15) is 52.7 Å². The van der Waals surface area contributed by atoms with Crippen LogP contribution in [0.1, 0.15) is 0 Å².